The van der Waals surface area contributed by atoms with Crippen LogP contribution in [-0.2, 0) is 11.2 Å². The quantitative estimate of drug-likeness (QED) is 0.655. The molecule has 1 saturated carbocycles. The molecule has 3 nitrogen and oxygen atoms in total. The van der Waals surface area contributed by atoms with Crippen molar-refractivity contribution in [3.05, 3.63) is 21.9 Å². The van der Waals surface area contributed by atoms with Gasteiger partial charge in [-0.1, -0.05) is 6.92 Å². The molecule has 1 aromatic rings. The van der Waals surface area contributed by atoms with E-state index < -0.39 is 0 Å². The molecule has 0 radical (unpaired) electrons. The lowest BCUT2D eigenvalue weighted by molar-refractivity contribution is 0.0820. The van der Waals surface area contributed by atoms with E-state index in [0.29, 0.717) is 19.2 Å². The van der Waals surface area contributed by atoms with Gasteiger partial charge in [-0.15, -0.1) is 11.3 Å². The summed E-state index contributed by atoms with van der Waals surface area (Å²) in [6, 6.07) is 4.53. The zero-order valence-electron chi connectivity index (χ0n) is 12.7. The van der Waals surface area contributed by atoms with Gasteiger partial charge in [0.05, 0.1) is 18.0 Å². The lowest BCUT2D eigenvalue weighted by Crippen LogP contribution is -2.40. The van der Waals surface area contributed by atoms with Gasteiger partial charge in [0, 0.05) is 24.6 Å². The first-order chi connectivity index (χ1) is 9.65. The average molecular weight is 295 g/mol. The van der Waals surface area contributed by atoms with Crippen LogP contribution in [0.4, 0.5) is 0 Å². The summed E-state index contributed by atoms with van der Waals surface area (Å²) in [7, 11) is 1.72. The first kappa shape index (κ1) is 15.7. The second kappa shape index (κ2) is 7.34. The van der Waals surface area contributed by atoms with Crippen LogP contribution in [0.5, 0.6) is 0 Å². The normalized spacial score (nSPS) is 16.6. The number of rotatable bonds is 9. The Morgan fingerprint density at radius 3 is 2.80 bits per heavy atom. The molecule has 0 aliphatic heterocycles. The monoisotopic (exact) mass is 295 g/mol. The van der Waals surface area contributed by atoms with Crippen LogP contribution >= 0.6 is 11.3 Å². The molecule has 0 aromatic carbocycles. The molecular weight excluding hydrogens is 270 g/mol. The number of Topliss-reactive ketones (excluding diaryl/α,β-unsaturated/α-hetero) is 1. The standard InChI is InChI=1S/C16H25NO2S/c1-4-14-7-8-16(20-14)15(18)11-17(9-10-19-3)12(2)13-5-6-13/h7-8,12-13H,4-6,9-11H2,1-3H3. The number of aryl methyl sites for hydroxylation is 1. The minimum Gasteiger partial charge on any atom is -0.383 e. The van der Waals surface area contributed by atoms with Crippen molar-refractivity contribution >= 4 is 17.1 Å². The molecule has 0 N–H and O–H groups in total. The van der Waals surface area contributed by atoms with E-state index in [1.807, 2.05) is 6.07 Å². The summed E-state index contributed by atoms with van der Waals surface area (Å²) in [5.41, 5.74) is 0. The predicted octanol–water partition coefficient (Wildman–Crippen LogP) is 3.24. The second-order valence-electron chi connectivity index (χ2n) is 5.58. The Kier molecular flexibility index (Phi) is 5.75. The topological polar surface area (TPSA) is 29.5 Å². The zero-order valence-corrected chi connectivity index (χ0v) is 13.5. The number of carbonyl (C=O) groups is 1. The molecule has 1 heterocycles. The van der Waals surface area contributed by atoms with Crippen LogP contribution in [0.25, 0.3) is 0 Å². The first-order valence-corrected chi connectivity index (χ1v) is 8.32. The number of ether oxygens (including phenoxy) is 1. The molecule has 0 saturated heterocycles. The van der Waals surface area contributed by atoms with Crippen LogP contribution < -0.4 is 0 Å². The van der Waals surface area contributed by atoms with Crippen molar-refractivity contribution in [1.29, 1.82) is 0 Å². The molecule has 1 aliphatic rings. The fourth-order valence-corrected chi connectivity index (χ4v) is 3.37. The highest BCUT2D eigenvalue weighted by Crippen LogP contribution is 2.35. The largest absolute Gasteiger partial charge is 0.383 e. The van der Waals surface area contributed by atoms with E-state index in [9.17, 15) is 4.79 Å². The van der Waals surface area contributed by atoms with E-state index in [1.165, 1.54) is 17.7 Å². The molecule has 20 heavy (non-hydrogen) atoms. The number of methoxy groups -OCH3 is 1. The van der Waals surface area contributed by atoms with Crippen LogP contribution in [0.3, 0.4) is 0 Å². The van der Waals surface area contributed by atoms with Crippen molar-refractivity contribution in [3.63, 3.8) is 0 Å². The van der Waals surface area contributed by atoms with Crippen LogP contribution in [0.2, 0.25) is 0 Å². The number of thiophene rings is 1. The molecule has 1 unspecified atom stereocenters. The zero-order chi connectivity index (χ0) is 14.5. The minimum atomic E-state index is 0.248. The van der Waals surface area contributed by atoms with E-state index in [0.717, 1.165) is 23.8 Å². The summed E-state index contributed by atoms with van der Waals surface area (Å²) < 4.78 is 5.18. The number of carbonyl (C=O) groups excluding carboxylic acids is 1. The Morgan fingerprint density at radius 2 is 2.25 bits per heavy atom. The van der Waals surface area contributed by atoms with Crippen molar-refractivity contribution in [2.24, 2.45) is 5.92 Å². The van der Waals surface area contributed by atoms with Crippen LogP contribution in [0, 0.1) is 5.92 Å². The smallest absolute Gasteiger partial charge is 0.186 e. The molecule has 1 atom stereocenters. The SMILES string of the molecule is CCc1ccc(C(=O)CN(CCOC)C(C)C2CC2)s1. The van der Waals surface area contributed by atoms with Gasteiger partial charge >= 0.3 is 0 Å². The van der Waals surface area contributed by atoms with Crippen molar-refractivity contribution in [1.82, 2.24) is 4.90 Å². The molecular formula is C16H25NO2S. The summed E-state index contributed by atoms with van der Waals surface area (Å²) in [5.74, 6) is 1.02. The second-order valence-corrected chi connectivity index (χ2v) is 6.75. The Bertz CT molecular complexity index is 439. The van der Waals surface area contributed by atoms with Crippen molar-refractivity contribution in [2.45, 2.75) is 39.2 Å². The first-order valence-electron chi connectivity index (χ1n) is 7.50. The Labute approximate surface area is 125 Å². The van der Waals surface area contributed by atoms with Gasteiger partial charge in [-0.3, -0.25) is 9.69 Å². The molecule has 0 amide bonds. The minimum absolute atomic E-state index is 0.248. The summed E-state index contributed by atoms with van der Waals surface area (Å²) in [5, 5.41) is 0. The molecule has 1 aromatic heterocycles. The molecule has 1 fully saturated rings. The molecule has 2 rings (SSSR count). The van der Waals surface area contributed by atoms with Gasteiger partial charge in [0.2, 0.25) is 0 Å². The fourth-order valence-electron chi connectivity index (χ4n) is 2.49. The third kappa shape index (κ3) is 4.14. The van der Waals surface area contributed by atoms with E-state index in [-0.39, 0.29) is 5.78 Å². The lowest BCUT2D eigenvalue weighted by atomic mass is 10.1. The maximum absolute atomic E-state index is 12.4. The van der Waals surface area contributed by atoms with Gasteiger partial charge in [0.15, 0.2) is 5.78 Å². The third-order valence-electron chi connectivity index (χ3n) is 4.09. The predicted molar refractivity (Wildman–Crippen MR) is 83.7 cm³/mol. The van der Waals surface area contributed by atoms with Gasteiger partial charge in [-0.25, -0.2) is 0 Å². The van der Waals surface area contributed by atoms with Gasteiger partial charge < -0.3 is 4.74 Å². The number of hydrogen-bond acceptors (Lipinski definition) is 4. The summed E-state index contributed by atoms with van der Waals surface area (Å²) >= 11 is 1.64. The third-order valence-corrected chi connectivity index (χ3v) is 5.37. The van der Waals surface area contributed by atoms with Gasteiger partial charge in [-0.05, 0) is 44.2 Å². The van der Waals surface area contributed by atoms with Crippen LogP contribution in [-0.4, -0.2) is 43.5 Å². The van der Waals surface area contributed by atoms with Crippen LogP contribution in [0.15, 0.2) is 12.1 Å². The highest BCUT2D eigenvalue weighted by molar-refractivity contribution is 7.14. The summed E-state index contributed by atoms with van der Waals surface area (Å²) in [6.07, 6.45) is 3.61. The fraction of sp³-hybridized carbons (Fsp3) is 0.688. The van der Waals surface area contributed by atoms with E-state index in [2.05, 4.69) is 24.8 Å². The van der Waals surface area contributed by atoms with Crippen molar-refractivity contribution in [3.8, 4) is 0 Å². The highest BCUT2D eigenvalue weighted by atomic mass is 32.1. The van der Waals surface area contributed by atoms with Gasteiger partial charge in [0.1, 0.15) is 0 Å². The molecule has 4 heteroatoms. The summed E-state index contributed by atoms with van der Waals surface area (Å²) in [6.45, 7) is 6.41. The Morgan fingerprint density at radius 1 is 1.50 bits per heavy atom. The molecule has 1 aliphatic carbocycles. The molecule has 112 valence electrons. The van der Waals surface area contributed by atoms with E-state index >= 15 is 0 Å². The van der Waals surface area contributed by atoms with Gasteiger partial charge in [-0.2, -0.15) is 0 Å². The maximum Gasteiger partial charge on any atom is 0.186 e. The van der Waals surface area contributed by atoms with Gasteiger partial charge in [0.25, 0.3) is 0 Å². The maximum atomic E-state index is 12.4. The number of nitrogens with zero attached hydrogens (tertiary/aromatic N) is 1. The van der Waals surface area contributed by atoms with Crippen molar-refractivity contribution in [2.75, 3.05) is 26.8 Å². The van der Waals surface area contributed by atoms with E-state index in [4.69, 9.17) is 4.74 Å². The molecule has 0 spiro atoms. The lowest BCUT2D eigenvalue weighted by Gasteiger charge is -2.28. The van der Waals surface area contributed by atoms with E-state index in [1.54, 1.807) is 18.4 Å². The average Bonchev–Trinajstić information content (AvgIpc) is 3.19. The van der Waals surface area contributed by atoms with Crippen molar-refractivity contribution < 1.29 is 9.53 Å². The Balaban J connectivity index is 1.96. The van der Waals surface area contributed by atoms with Crippen LogP contribution in [0.1, 0.15) is 41.2 Å². The number of ketones is 1. The molecule has 0 bridgehead atoms. The Hall–Kier alpha value is -0.710. The highest BCUT2D eigenvalue weighted by Gasteiger charge is 2.32. The summed E-state index contributed by atoms with van der Waals surface area (Å²) in [4.78, 5) is 16.9. The number of hydrogen-bond donors (Lipinski definition) is 0.